The lowest BCUT2D eigenvalue weighted by Gasteiger charge is -2.13. The first-order chi connectivity index (χ1) is 9.63. The van der Waals surface area contributed by atoms with Crippen molar-refractivity contribution in [1.82, 2.24) is 5.06 Å². The minimum Gasteiger partial charge on any atom is -0.338 e. The van der Waals surface area contributed by atoms with E-state index in [-0.39, 0.29) is 18.3 Å². The predicted octanol–water partition coefficient (Wildman–Crippen LogP) is 3.48. The van der Waals surface area contributed by atoms with E-state index in [1.165, 1.54) is 15.9 Å². The van der Waals surface area contributed by atoms with Crippen LogP contribution in [-0.2, 0) is 14.4 Å². The Morgan fingerprint density at radius 1 is 1.50 bits per heavy atom. The number of rotatable bonds is 8. The summed E-state index contributed by atoms with van der Waals surface area (Å²) < 4.78 is 0. The topological polar surface area (TPSA) is 46.6 Å². The molecule has 0 unspecified atom stereocenters. The highest BCUT2D eigenvalue weighted by molar-refractivity contribution is 8.78. The van der Waals surface area contributed by atoms with Gasteiger partial charge in [0.05, 0.1) is 13.0 Å². The van der Waals surface area contributed by atoms with E-state index in [4.69, 9.17) is 4.84 Å². The van der Waals surface area contributed by atoms with Crippen molar-refractivity contribution in [2.75, 3.05) is 12.3 Å². The van der Waals surface area contributed by atoms with E-state index in [2.05, 4.69) is 6.58 Å². The minimum atomic E-state index is -0.358. The molecule has 0 saturated carbocycles. The summed E-state index contributed by atoms with van der Waals surface area (Å²) in [6, 6.07) is 0. The fourth-order valence-corrected chi connectivity index (χ4v) is 3.17. The number of hydroxylamine groups is 2. The Morgan fingerprint density at radius 2 is 2.30 bits per heavy atom. The maximum Gasteiger partial charge on any atom is 0.333 e. The van der Waals surface area contributed by atoms with Gasteiger partial charge >= 0.3 is 5.97 Å². The molecule has 110 valence electrons. The summed E-state index contributed by atoms with van der Waals surface area (Å²) in [4.78, 5) is 28.7. The number of carbonyl (C=O) groups excluding carboxylic acids is 2. The molecule has 0 atom stereocenters. The van der Waals surface area contributed by atoms with E-state index in [0.717, 1.165) is 11.3 Å². The summed E-state index contributed by atoms with van der Waals surface area (Å²) >= 11 is 0. The van der Waals surface area contributed by atoms with Crippen LogP contribution < -0.4 is 0 Å². The third kappa shape index (κ3) is 6.86. The second kappa shape index (κ2) is 9.72. The molecule has 0 aromatic rings. The first kappa shape index (κ1) is 16.9. The standard InChI is InChI=1S/C14H19NO3S2/c1-3-4-5-7-12(2)20-19-11-9-14(17)18-15-10-6-8-13(15)16/h3-5,7H,2,6,8-11H2,1H3/b4-3-,7-5-. The molecule has 4 nitrogen and oxygen atoms in total. The van der Waals surface area contributed by atoms with Crippen LogP contribution >= 0.6 is 21.6 Å². The second-order valence-corrected chi connectivity index (χ2v) is 6.61. The molecule has 1 rings (SSSR count). The highest BCUT2D eigenvalue weighted by atomic mass is 33.1. The van der Waals surface area contributed by atoms with Gasteiger partial charge in [0.25, 0.3) is 5.91 Å². The molecule has 1 saturated heterocycles. The van der Waals surface area contributed by atoms with Gasteiger partial charge in [0.2, 0.25) is 0 Å². The molecule has 1 aliphatic heterocycles. The molecule has 0 aromatic heterocycles. The molecule has 6 heteroatoms. The van der Waals surface area contributed by atoms with Crippen LogP contribution in [0.1, 0.15) is 26.2 Å². The summed E-state index contributed by atoms with van der Waals surface area (Å²) in [6.07, 6.45) is 9.22. The average molecular weight is 313 g/mol. The molecule has 0 N–H and O–H groups in total. The Labute approximate surface area is 127 Å². The van der Waals surface area contributed by atoms with Crippen LogP contribution in [-0.4, -0.2) is 29.2 Å². The normalized spacial score (nSPS) is 15.4. The smallest absolute Gasteiger partial charge is 0.333 e. The molecule has 0 spiro atoms. The number of hydrogen-bond donors (Lipinski definition) is 0. The van der Waals surface area contributed by atoms with Gasteiger partial charge in [-0.3, -0.25) is 4.79 Å². The minimum absolute atomic E-state index is 0.108. The molecule has 1 heterocycles. The van der Waals surface area contributed by atoms with Crippen LogP contribution in [0.4, 0.5) is 0 Å². The molecule has 0 aromatic carbocycles. The summed E-state index contributed by atoms with van der Waals surface area (Å²) in [7, 11) is 3.07. The second-order valence-electron chi connectivity index (χ2n) is 4.07. The maximum atomic E-state index is 11.5. The van der Waals surface area contributed by atoms with Crippen LogP contribution in [0.2, 0.25) is 0 Å². The zero-order chi connectivity index (χ0) is 14.8. The zero-order valence-electron chi connectivity index (χ0n) is 11.5. The SMILES string of the molecule is C=C(/C=C\C=C/C)SSCCC(=O)ON1CCCC1=O. The fourth-order valence-electron chi connectivity index (χ4n) is 1.43. The van der Waals surface area contributed by atoms with Crippen molar-refractivity contribution in [2.45, 2.75) is 26.2 Å². The van der Waals surface area contributed by atoms with Gasteiger partial charge in [-0.25, -0.2) is 4.79 Å². The molecule has 1 amide bonds. The van der Waals surface area contributed by atoms with E-state index in [1.807, 2.05) is 31.2 Å². The quantitative estimate of drug-likeness (QED) is 0.390. The monoisotopic (exact) mass is 313 g/mol. The lowest BCUT2D eigenvalue weighted by Crippen LogP contribution is -2.28. The van der Waals surface area contributed by atoms with E-state index in [9.17, 15) is 9.59 Å². The van der Waals surface area contributed by atoms with Gasteiger partial charge < -0.3 is 4.84 Å². The lowest BCUT2D eigenvalue weighted by molar-refractivity contribution is -0.192. The predicted molar refractivity (Wildman–Crippen MR) is 84.8 cm³/mol. The Bertz CT molecular complexity index is 419. The zero-order valence-corrected chi connectivity index (χ0v) is 13.2. The Kier molecular flexibility index (Phi) is 8.22. The van der Waals surface area contributed by atoms with Crippen molar-refractivity contribution in [3.05, 3.63) is 35.8 Å². The van der Waals surface area contributed by atoms with Gasteiger partial charge in [-0.05, 0) is 19.4 Å². The van der Waals surface area contributed by atoms with Crippen molar-refractivity contribution in [3.8, 4) is 0 Å². The van der Waals surface area contributed by atoms with Crippen molar-refractivity contribution in [1.29, 1.82) is 0 Å². The average Bonchev–Trinajstić information content (AvgIpc) is 2.81. The number of carbonyl (C=O) groups is 2. The Balaban J connectivity index is 2.10. The molecular weight excluding hydrogens is 294 g/mol. The molecule has 0 radical (unpaired) electrons. The molecule has 0 bridgehead atoms. The lowest BCUT2D eigenvalue weighted by atomic mass is 10.4. The summed E-state index contributed by atoms with van der Waals surface area (Å²) in [5, 5.41) is 1.17. The van der Waals surface area contributed by atoms with E-state index < -0.39 is 0 Å². The van der Waals surface area contributed by atoms with E-state index in [0.29, 0.717) is 18.7 Å². The summed E-state index contributed by atoms with van der Waals surface area (Å²) in [5.74, 6) is 0.161. The number of amides is 1. The third-order valence-electron chi connectivity index (χ3n) is 2.38. The third-order valence-corrected chi connectivity index (χ3v) is 4.72. The maximum absolute atomic E-state index is 11.5. The van der Waals surface area contributed by atoms with Crippen LogP contribution in [0.5, 0.6) is 0 Å². The highest BCUT2D eigenvalue weighted by Gasteiger charge is 2.23. The van der Waals surface area contributed by atoms with Gasteiger partial charge in [-0.15, -0.1) is 0 Å². The molecular formula is C14H19NO3S2. The van der Waals surface area contributed by atoms with Crippen molar-refractivity contribution < 1.29 is 14.4 Å². The number of hydrogen-bond acceptors (Lipinski definition) is 5. The van der Waals surface area contributed by atoms with Crippen LogP contribution in [0.25, 0.3) is 0 Å². The Morgan fingerprint density at radius 3 is 2.95 bits per heavy atom. The van der Waals surface area contributed by atoms with E-state index >= 15 is 0 Å². The fraction of sp³-hybridized carbons (Fsp3) is 0.429. The van der Waals surface area contributed by atoms with Gasteiger partial charge in [-0.2, -0.15) is 5.06 Å². The molecule has 1 aliphatic rings. The van der Waals surface area contributed by atoms with Gasteiger partial charge in [0.1, 0.15) is 0 Å². The first-order valence-electron chi connectivity index (χ1n) is 6.42. The summed E-state index contributed by atoms with van der Waals surface area (Å²) in [5.41, 5.74) is 0. The van der Waals surface area contributed by atoms with Gasteiger partial charge in [0, 0.05) is 17.1 Å². The molecule has 1 fully saturated rings. The van der Waals surface area contributed by atoms with Crippen molar-refractivity contribution in [3.63, 3.8) is 0 Å². The highest BCUT2D eigenvalue weighted by Crippen LogP contribution is 2.30. The first-order valence-corrected chi connectivity index (χ1v) is 8.74. The van der Waals surface area contributed by atoms with Crippen LogP contribution in [0, 0.1) is 0 Å². The number of nitrogens with zero attached hydrogens (tertiary/aromatic N) is 1. The van der Waals surface area contributed by atoms with Crippen molar-refractivity contribution in [2.24, 2.45) is 0 Å². The van der Waals surface area contributed by atoms with Crippen LogP contribution in [0.3, 0.4) is 0 Å². The number of allylic oxidation sites excluding steroid dienone is 4. The Hall–Kier alpha value is -1.14. The van der Waals surface area contributed by atoms with Gasteiger partial charge in [0.15, 0.2) is 0 Å². The van der Waals surface area contributed by atoms with Gasteiger partial charge in [-0.1, -0.05) is 46.4 Å². The van der Waals surface area contributed by atoms with E-state index in [1.54, 1.807) is 10.8 Å². The summed E-state index contributed by atoms with van der Waals surface area (Å²) in [6.45, 7) is 6.35. The molecule has 20 heavy (non-hydrogen) atoms. The van der Waals surface area contributed by atoms with Crippen LogP contribution in [0.15, 0.2) is 35.8 Å². The molecule has 0 aliphatic carbocycles. The largest absolute Gasteiger partial charge is 0.338 e. The van der Waals surface area contributed by atoms with Crippen molar-refractivity contribution >= 4 is 33.5 Å².